The molecule has 222 valence electrons. The van der Waals surface area contributed by atoms with E-state index in [4.69, 9.17) is 9.47 Å². The third-order valence-electron chi connectivity index (χ3n) is 6.83. The molecule has 8 nitrogen and oxygen atoms in total. The molecule has 0 radical (unpaired) electrons. The predicted molar refractivity (Wildman–Crippen MR) is 162 cm³/mol. The Labute approximate surface area is 247 Å². The summed E-state index contributed by atoms with van der Waals surface area (Å²) in [5, 5.41) is 5.44. The van der Waals surface area contributed by atoms with Gasteiger partial charge in [-0.05, 0) is 92.1 Å². The molecule has 0 saturated carbocycles. The van der Waals surface area contributed by atoms with Crippen LogP contribution in [0.4, 0.5) is 5.69 Å². The largest absolute Gasteiger partial charge is 0.458 e. The predicted octanol–water partition coefficient (Wildman–Crippen LogP) is 6.31. The average molecular weight is 573 g/mol. The van der Waals surface area contributed by atoms with E-state index in [2.05, 4.69) is 24.5 Å². The number of nitrogens with one attached hydrogen (secondary N) is 2. The molecule has 2 N–H and O–H groups in total. The third-order valence-corrected chi connectivity index (χ3v) is 6.83. The van der Waals surface area contributed by atoms with Gasteiger partial charge in [0.05, 0.1) is 5.56 Å². The Bertz CT molecular complexity index is 1390. The van der Waals surface area contributed by atoms with Gasteiger partial charge in [-0.3, -0.25) is 9.59 Å². The number of benzene rings is 3. The van der Waals surface area contributed by atoms with E-state index >= 15 is 0 Å². The van der Waals surface area contributed by atoms with Crippen molar-refractivity contribution in [2.24, 2.45) is 5.41 Å². The molecule has 0 aromatic heterocycles. The summed E-state index contributed by atoms with van der Waals surface area (Å²) in [7, 11) is 0. The molecule has 8 heteroatoms. The maximum Gasteiger partial charge on any atom is 0.343 e. The van der Waals surface area contributed by atoms with Gasteiger partial charge in [0, 0.05) is 11.3 Å². The summed E-state index contributed by atoms with van der Waals surface area (Å²) in [4.78, 5) is 49.9. The fourth-order valence-electron chi connectivity index (χ4n) is 4.99. The molecular weight excluding hydrogens is 532 g/mol. The molecule has 0 fully saturated rings. The van der Waals surface area contributed by atoms with Gasteiger partial charge in [-0.1, -0.05) is 58.0 Å². The van der Waals surface area contributed by atoms with Crippen molar-refractivity contribution < 1.29 is 28.7 Å². The van der Waals surface area contributed by atoms with Gasteiger partial charge in [0.15, 0.2) is 0 Å². The summed E-state index contributed by atoms with van der Waals surface area (Å²) in [6.45, 7) is 13.3. The summed E-state index contributed by atoms with van der Waals surface area (Å²) in [6.07, 6.45) is 1.07. The fraction of sp³-hybridized carbons (Fsp3) is 0.353. The lowest BCUT2D eigenvalue weighted by atomic mass is 9.68. The highest BCUT2D eigenvalue weighted by molar-refractivity contribution is 5.97. The quantitative estimate of drug-likeness (QED) is 0.158. The van der Waals surface area contributed by atoms with E-state index in [1.165, 1.54) is 0 Å². The van der Waals surface area contributed by atoms with Crippen molar-refractivity contribution in [1.82, 2.24) is 5.32 Å². The second kappa shape index (κ2) is 13.0. The highest BCUT2D eigenvalue weighted by Crippen LogP contribution is 2.40. The van der Waals surface area contributed by atoms with Crippen LogP contribution in [0.1, 0.15) is 81.2 Å². The van der Waals surface area contributed by atoms with Gasteiger partial charge in [0.1, 0.15) is 17.4 Å². The van der Waals surface area contributed by atoms with Crippen LogP contribution in [0.5, 0.6) is 5.75 Å². The van der Waals surface area contributed by atoms with Crippen LogP contribution in [0.25, 0.3) is 0 Å². The van der Waals surface area contributed by atoms with E-state index in [1.807, 2.05) is 32.0 Å². The van der Waals surface area contributed by atoms with Crippen LogP contribution in [0.3, 0.4) is 0 Å². The topological polar surface area (TPSA) is 111 Å². The van der Waals surface area contributed by atoms with Crippen molar-refractivity contribution in [3.63, 3.8) is 0 Å². The summed E-state index contributed by atoms with van der Waals surface area (Å²) >= 11 is 0. The van der Waals surface area contributed by atoms with Gasteiger partial charge in [0.25, 0.3) is 5.91 Å². The molecule has 1 atom stereocenters. The molecule has 3 rings (SSSR count). The molecule has 2 amide bonds. The van der Waals surface area contributed by atoms with Gasteiger partial charge in [0.2, 0.25) is 6.41 Å². The van der Waals surface area contributed by atoms with E-state index in [-0.39, 0.29) is 0 Å². The molecule has 0 bridgehead atoms. The van der Waals surface area contributed by atoms with Crippen molar-refractivity contribution in [3.05, 3.63) is 95.6 Å². The second-order valence-corrected chi connectivity index (χ2v) is 12.6. The Hall–Kier alpha value is -4.46. The number of carbonyl (C=O) groups excluding carboxylic acids is 4. The number of hydrogen-bond donors (Lipinski definition) is 2. The Kier molecular flexibility index (Phi) is 9.94. The highest BCUT2D eigenvalue weighted by atomic mass is 16.6. The number of ether oxygens (including phenoxy) is 2. The number of esters is 2. The summed E-state index contributed by atoms with van der Waals surface area (Å²) in [5.74, 6) is -0.969. The van der Waals surface area contributed by atoms with Crippen molar-refractivity contribution in [2.45, 2.75) is 71.9 Å². The van der Waals surface area contributed by atoms with E-state index in [1.54, 1.807) is 81.4 Å². The molecule has 0 heterocycles. The first-order valence-electron chi connectivity index (χ1n) is 13.8. The summed E-state index contributed by atoms with van der Waals surface area (Å²) < 4.78 is 11.3. The van der Waals surface area contributed by atoms with Crippen LogP contribution < -0.4 is 15.4 Å². The lowest BCUT2D eigenvalue weighted by Crippen LogP contribution is -2.53. The Morgan fingerprint density at radius 1 is 0.786 bits per heavy atom. The molecule has 42 heavy (non-hydrogen) atoms. The van der Waals surface area contributed by atoms with Gasteiger partial charge in [-0.15, -0.1) is 0 Å². The summed E-state index contributed by atoms with van der Waals surface area (Å²) in [6, 6.07) is 21.5. The Morgan fingerprint density at radius 2 is 1.38 bits per heavy atom. The lowest BCUT2D eigenvalue weighted by Gasteiger charge is -2.40. The van der Waals surface area contributed by atoms with E-state index in [0.29, 0.717) is 35.4 Å². The van der Waals surface area contributed by atoms with Crippen LogP contribution in [-0.2, 0) is 19.7 Å². The zero-order chi connectivity index (χ0) is 31.1. The van der Waals surface area contributed by atoms with Crippen LogP contribution >= 0.6 is 0 Å². The molecule has 0 aliphatic rings. The Balaban J connectivity index is 1.80. The van der Waals surface area contributed by atoms with E-state index in [0.717, 1.165) is 5.56 Å². The molecule has 3 aromatic carbocycles. The van der Waals surface area contributed by atoms with Gasteiger partial charge < -0.3 is 20.1 Å². The molecule has 0 saturated heterocycles. The molecule has 0 aliphatic carbocycles. The smallest absolute Gasteiger partial charge is 0.343 e. The van der Waals surface area contributed by atoms with Crippen LogP contribution in [0.2, 0.25) is 0 Å². The molecule has 0 spiro atoms. The van der Waals surface area contributed by atoms with Crippen molar-refractivity contribution >= 4 is 29.9 Å². The second-order valence-electron chi connectivity index (χ2n) is 12.6. The average Bonchev–Trinajstić information content (AvgIpc) is 2.91. The monoisotopic (exact) mass is 572 g/mol. The number of hydrogen-bond acceptors (Lipinski definition) is 6. The lowest BCUT2D eigenvalue weighted by molar-refractivity contribution is -0.160. The first-order valence-corrected chi connectivity index (χ1v) is 13.8. The van der Waals surface area contributed by atoms with Crippen molar-refractivity contribution in [2.75, 3.05) is 5.32 Å². The minimum absolute atomic E-state index is 0.343. The number of anilines is 1. The van der Waals surface area contributed by atoms with E-state index in [9.17, 15) is 19.2 Å². The molecule has 3 aromatic rings. The Morgan fingerprint density at radius 3 is 1.93 bits per heavy atom. The zero-order valence-electron chi connectivity index (χ0n) is 25.3. The number of carbonyl (C=O) groups is 4. The number of rotatable bonds is 11. The standard InChI is InChI=1S/C34H40N2O6/c1-32(2,3)42-31(40)28(36-29(38)23-13-17-26(18-14-23)35-22-37)34(6,7)21-33(4,5)25-15-19-27(20-16-25)41-30(39)24-11-9-8-10-12-24/h8-20,22,28H,21H2,1-7H3,(H,35,37)(H,36,38). The first-order chi connectivity index (χ1) is 19.6. The minimum atomic E-state index is -0.956. The van der Waals surface area contributed by atoms with Crippen LogP contribution in [0.15, 0.2) is 78.9 Å². The van der Waals surface area contributed by atoms with Crippen molar-refractivity contribution in [1.29, 1.82) is 0 Å². The van der Waals surface area contributed by atoms with Gasteiger partial charge in [-0.2, -0.15) is 0 Å². The number of amides is 2. The fourth-order valence-corrected chi connectivity index (χ4v) is 4.99. The third kappa shape index (κ3) is 8.77. The van der Waals surface area contributed by atoms with Crippen LogP contribution in [0, 0.1) is 5.41 Å². The SMILES string of the molecule is CC(C)(C)OC(=O)C(NC(=O)c1ccc(NC=O)cc1)C(C)(C)CC(C)(C)c1ccc(OC(=O)c2ccccc2)cc1. The maximum atomic E-state index is 13.5. The summed E-state index contributed by atoms with van der Waals surface area (Å²) in [5.41, 5.74) is 0.414. The van der Waals surface area contributed by atoms with Gasteiger partial charge in [-0.25, -0.2) is 9.59 Å². The normalized spacial score (nSPS) is 12.5. The minimum Gasteiger partial charge on any atom is -0.458 e. The van der Waals surface area contributed by atoms with Gasteiger partial charge >= 0.3 is 11.9 Å². The molecular formula is C34H40N2O6. The molecule has 0 aliphatic heterocycles. The van der Waals surface area contributed by atoms with Crippen molar-refractivity contribution in [3.8, 4) is 5.75 Å². The first kappa shape index (κ1) is 32.1. The molecule has 1 unspecified atom stereocenters. The highest BCUT2D eigenvalue weighted by Gasteiger charge is 2.43. The maximum absolute atomic E-state index is 13.5. The zero-order valence-corrected chi connectivity index (χ0v) is 25.3. The van der Waals surface area contributed by atoms with Crippen LogP contribution in [-0.4, -0.2) is 35.9 Å². The van der Waals surface area contributed by atoms with E-state index < -0.39 is 40.3 Å².